The van der Waals surface area contributed by atoms with E-state index in [1.165, 1.54) is 9.58 Å². The molecule has 6 nitrogen and oxygen atoms in total. The van der Waals surface area contributed by atoms with Gasteiger partial charge in [-0.3, -0.25) is 9.48 Å². The van der Waals surface area contributed by atoms with Gasteiger partial charge in [-0.25, -0.2) is 0 Å². The molecule has 1 aromatic carbocycles. The van der Waals surface area contributed by atoms with Gasteiger partial charge in [0.15, 0.2) is 5.69 Å². The Kier molecular flexibility index (Phi) is 3.27. The summed E-state index contributed by atoms with van der Waals surface area (Å²) >= 11 is 0. The van der Waals surface area contributed by atoms with Crippen LogP contribution in [-0.4, -0.2) is 35.1 Å². The first-order chi connectivity index (χ1) is 8.61. The number of carbonyl (C=O) groups is 1. The highest BCUT2D eigenvalue weighted by atomic mass is 16.5. The van der Waals surface area contributed by atoms with Crippen molar-refractivity contribution in [3.8, 4) is 5.75 Å². The molecule has 2 aromatic rings. The summed E-state index contributed by atoms with van der Waals surface area (Å²) in [5.41, 5.74) is 1.09. The lowest BCUT2D eigenvalue weighted by molar-refractivity contribution is 0.0988. The molecular weight excluding hydrogens is 232 g/mol. The third-order valence-corrected chi connectivity index (χ3v) is 2.59. The number of carbonyl (C=O) groups excluding carboxylic acids is 1. The van der Waals surface area contributed by atoms with E-state index < -0.39 is 0 Å². The molecule has 2 rings (SSSR count). The zero-order valence-corrected chi connectivity index (χ0v) is 10.5. The van der Waals surface area contributed by atoms with Gasteiger partial charge in [0, 0.05) is 19.8 Å². The second-order valence-corrected chi connectivity index (χ2v) is 3.84. The zero-order chi connectivity index (χ0) is 13.1. The summed E-state index contributed by atoms with van der Waals surface area (Å²) in [5, 5.41) is 7.53. The number of ether oxygens (including phenoxy) is 1. The molecule has 18 heavy (non-hydrogen) atoms. The summed E-state index contributed by atoms with van der Waals surface area (Å²) in [5.74, 6) is 0.548. The van der Waals surface area contributed by atoms with Crippen LogP contribution >= 0.6 is 0 Å². The Hall–Kier alpha value is -2.37. The minimum absolute atomic E-state index is 0.201. The summed E-state index contributed by atoms with van der Waals surface area (Å²) in [6.07, 6.45) is 1.59. The van der Waals surface area contributed by atoms with Crippen molar-refractivity contribution in [2.24, 2.45) is 7.05 Å². The van der Waals surface area contributed by atoms with Crippen molar-refractivity contribution >= 4 is 11.6 Å². The molecule has 0 aliphatic carbocycles. The predicted octanol–water partition coefficient (Wildman–Crippen LogP) is 1.10. The van der Waals surface area contributed by atoms with Crippen LogP contribution in [0, 0.1) is 0 Å². The third kappa shape index (κ3) is 2.32. The number of aryl methyl sites for hydroxylation is 1. The van der Waals surface area contributed by atoms with Crippen molar-refractivity contribution in [2.75, 3.05) is 19.1 Å². The van der Waals surface area contributed by atoms with Gasteiger partial charge in [-0.1, -0.05) is 5.21 Å². The molecule has 0 spiro atoms. The van der Waals surface area contributed by atoms with Gasteiger partial charge < -0.3 is 9.64 Å². The van der Waals surface area contributed by atoms with Gasteiger partial charge >= 0.3 is 0 Å². The number of nitrogens with zero attached hydrogens (tertiary/aromatic N) is 4. The molecule has 0 radical (unpaired) electrons. The van der Waals surface area contributed by atoms with E-state index in [1.807, 2.05) is 12.1 Å². The molecule has 0 atom stereocenters. The van der Waals surface area contributed by atoms with Crippen molar-refractivity contribution in [2.45, 2.75) is 0 Å². The van der Waals surface area contributed by atoms with Crippen LogP contribution < -0.4 is 9.64 Å². The number of amides is 1. The molecule has 0 saturated carbocycles. The second-order valence-electron chi connectivity index (χ2n) is 3.84. The quantitative estimate of drug-likeness (QED) is 0.813. The van der Waals surface area contributed by atoms with Crippen molar-refractivity contribution in [1.82, 2.24) is 15.0 Å². The van der Waals surface area contributed by atoms with Crippen LogP contribution in [0.4, 0.5) is 5.69 Å². The molecule has 0 unspecified atom stereocenters. The number of anilines is 1. The Bertz CT molecular complexity index is 547. The molecule has 6 heteroatoms. The van der Waals surface area contributed by atoms with Crippen LogP contribution in [-0.2, 0) is 7.05 Å². The van der Waals surface area contributed by atoms with Crippen molar-refractivity contribution in [1.29, 1.82) is 0 Å². The van der Waals surface area contributed by atoms with E-state index in [9.17, 15) is 4.79 Å². The molecule has 0 aliphatic heterocycles. The molecule has 0 N–H and O–H groups in total. The summed E-state index contributed by atoms with van der Waals surface area (Å²) in [4.78, 5) is 13.6. The average Bonchev–Trinajstić information content (AvgIpc) is 2.84. The molecular formula is C12H14N4O2. The van der Waals surface area contributed by atoms with Gasteiger partial charge in [-0.05, 0) is 24.3 Å². The van der Waals surface area contributed by atoms with E-state index in [2.05, 4.69) is 10.3 Å². The Labute approximate surface area is 105 Å². The lowest BCUT2D eigenvalue weighted by atomic mass is 10.2. The Morgan fingerprint density at radius 3 is 2.50 bits per heavy atom. The van der Waals surface area contributed by atoms with Gasteiger partial charge in [0.05, 0.1) is 13.3 Å². The van der Waals surface area contributed by atoms with Gasteiger partial charge in [0.25, 0.3) is 5.91 Å². The van der Waals surface area contributed by atoms with Crippen molar-refractivity contribution < 1.29 is 9.53 Å². The largest absolute Gasteiger partial charge is 0.497 e. The van der Waals surface area contributed by atoms with E-state index in [1.54, 1.807) is 39.5 Å². The Morgan fingerprint density at radius 1 is 1.33 bits per heavy atom. The number of rotatable bonds is 3. The molecule has 1 heterocycles. The maximum Gasteiger partial charge on any atom is 0.280 e. The number of hydrogen-bond acceptors (Lipinski definition) is 4. The highest BCUT2D eigenvalue weighted by molar-refractivity contribution is 6.04. The minimum Gasteiger partial charge on any atom is -0.497 e. The average molecular weight is 246 g/mol. The van der Waals surface area contributed by atoms with E-state index in [0.717, 1.165) is 11.4 Å². The monoisotopic (exact) mass is 246 g/mol. The van der Waals surface area contributed by atoms with E-state index in [-0.39, 0.29) is 5.91 Å². The first-order valence-electron chi connectivity index (χ1n) is 5.40. The first-order valence-corrected chi connectivity index (χ1v) is 5.40. The fraction of sp³-hybridized carbons (Fsp3) is 0.250. The van der Waals surface area contributed by atoms with E-state index in [0.29, 0.717) is 5.69 Å². The molecule has 1 aromatic heterocycles. The molecule has 0 aliphatic rings. The molecule has 1 amide bonds. The Balaban J connectivity index is 2.19. The van der Waals surface area contributed by atoms with Gasteiger partial charge in [0.1, 0.15) is 5.75 Å². The van der Waals surface area contributed by atoms with Crippen LogP contribution in [0.1, 0.15) is 10.5 Å². The number of methoxy groups -OCH3 is 1. The highest BCUT2D eigenvalue weighted by Gasteiger charge is 2.16. The number of aromatic nitrogens is 3. The zero-order valence-electron chi connectivity index (χ0n) is 10.5. The normalized spacial score (nSPS) is 10.2. The molecule has 0 saturated heterocycles. The highest BCUT2D eigenvalue weighted by Crippen LogP contribution is 2.19. The maximum atomic E-state index is 12.1. The smallest absolute Gasteiger partial charge is 0.280 e. The standard InChI is InChI=1S/C12H14N4O2/c1-15-8-11(13-14-15)12(17)16(2)9-4-6-10(18-3)7-5-9/h4-8H,1-3H3. The minimum atomic E-state index is -0.201. The van der Waals surface area contributed by atoms with Gasteiger partial charge in [-0.15, -0.1) is 5.10 Å². The summed E-state index contributed by atoms with van der Waals surface area (Å²) in [7, 11) is 5.01. The second kappa shape index (κ2) is 4.87. The fourth-order valence-corrected chi connectivity index (χ4v) is 1.54. The first kappa shape index (κ1) is 12.1. The van der Waals surface area contributed by atoms with Crippen molar-refractivity contribution in [3.63, 3.8) is 0 Å². The van der Waals surface area contributed by atoms with Gasteiger partial charge in [0.2, 0.25) is 0 Å². The molecule has 0 bridgehead atoms. The van der Waals surface area contributed by atoms with Crippen molar-refractivity contribution in [3.05, 3.63) is 36.2 Å². The summed E-state index contributed by atoms with van der Waals surface area (Å²) in [6, 6.07) is 7.23. The molecule has 0 fully saturated rings. The maximum absolute atomic E-state index is 12.1. The summed E-state index contributed by atoms with van der Waals surface area (Å²) < 4.78 is 6.56. The van der Waals surface area contributed by atoms with Crippen LogP contribution in [0.2, 0.25) is 0 Å². The lowest BCUT2D eigenvalue weighted by Crippen LogP contribution is -2.26. The van der Waals surface area contributed by atoms with Gasteiger partial charge in [-0.2, -0.15) is 0 Å². The lowest BCUT2D eigenvalue weighted by Gasteiger charge is -2.15. The molecule has 94 valence electrons. The third-order valence-electron chi connectivity index (χ3n) is 2.59. The van der Waals surface area contributed by atoms with Crippen LogP contribution in [0.25, 0.3) is 0 Å². The number of hydrogen-bond donors (Lipinski definition) is 0. The van der Waals surface area contributed by atoms with Crippen LogP contribution in [0.15, 0.2) is 30.5 Å². The summed E-state index contributed by atoms with van der Waals surface area (Å²) in [6.45, 7) is 0. The Morgan fingerprint density at radius 2 is 2.00 bits per heavy atom. The van der Waals surface area contributed by atoms with Crippen LogP contribution in [0.3, 0.4) is 0 Å². The topological polar surface area (TPSA) is 60.2 Å². The van der Waals surface area contributed by atoms with Crippen LogP contribution in [0.5, 0.6) is 5.75 Å². The number of benzene rings is 1. The van der Waals surface area contributed by atoms with E-state index >= 15 is 0 Å². The van der Waals surface area contributed by atoms with E-state index in [4.69, 9.17) is 4.74 Å². The fourth-order valence-electron chi connectivity index (χ4n) is 1.54. The predicted molar refractivity (Wildman–Crippen MR) is 66.7 cm³/mol. The SMILES string of the molecule is COc1ccc(N(C)C(=O)c2cn(C)nn2)cc1.